The van der Waals surface area contributed by atoms with E-state index in [9.17, 15) is 91.7 Å². The molecule has 0 bridgehead atoms. The highest BCUT2D eigenvalue weighted by Gasteiger charge is 2.41. The van der Waals surface area contributed by atoms with E-state index in [1.807, 2.05) is 0 Å². The monoisotopic (exact) mass is 1680 g/mol. The number of imidazole rings is 1. The Morgan fingerprint density at radius 3 is 1.43 bits per heavy atom. The highest BCUT2D eigenvalue weighted by molar-refractivity contribution is 7.80. The summed E-state index contributed by atoms with van der Waals surface area (Å²) in [6.07, 6.45) is 1.48. The van der Waals surface area contributed by atoms with Crippen LogP contribution in [0.4, 0.5) is 0 Å². The predicted octanol–water partition coefficient (Wildman–Crippen LogP) is -11.0. The second-order valence-corrected chi connectivity index (χ2v) is 27.5. The molecule has 2 aromatic rings. The fourth-order valence-electron chi connectivity index (χ4n) is 10.9. The Hall–Kier alpha value is -10.9. The molecule has 1 aromatic heterocycles. The molecule has 0 saturated carbocycles. The van der Waals surface area contributed by atoms with Gasteiger partial charge in [0, 0.05) is 67.4 Å². The largest absolute Gasteiger partial charge is 0.508 e. The molecule has 16 amide bonds. The van der Waals surface area contributed by atoms with Crippen molar-refractivity contribution in [3.63, 3.8) is 0 Å². The number of aliphatic carboxylic acids is 1. The topological polar surface area (TPSA) is 747 Å². The maximum Gasteiger partial charge on any atom is 0.327 e. The summed E-state index contributed by atoms with van der Waals surface area (Å²) in [5.41, 5.74) is 33.4. The van der Waals surface area contributed by atoms with E-state index in [0.29, 0.717) is 17.7 Å². The van der Waals surface area contributed by atoms with Crippen LogP contribution in [0, 0.1) is 10.8 Å². The van der Waals surface area contributed by atoms with Gasteiger partial charge in [0.05, 0.1) is 38.3 Å². The average molecular weight is 1680 g/mol. The lowest BCUT2D eigenvalue weighted by atomic mass is 10.0. The average Bonchev–Trinajstić information content (AvgIpc) is 1.63. The number of nitrogens with two attached hydrogens (primary N) is 6. The van der Waals surface area contributed by atoms with Crippen LogP contribution in [-0.2, 0) is 94.3 Å². The molecule has 45 nitrogen and oxygen atoms in total. The molecule has 1 saturated heterocycles. The van der Waals surface area contributed by atoms with Crippen LogP contribution in [0.3, 0.4) is 0 Å². The van der Waals surface area contributed by atoms with E-state index in [1.165, 1.54) is 48.6 Å². The zero-order valence-electron chi connectivity index (χ0n) is 62.2. The minimum absolute atomic E-state index is 0.0107. The summed E-state index contributed by atoms with van der Waals surface area (Å²) in [6.45, 7) is -0.0228. The summed E-state index contributed by atoms with van der Waals surface area (Å²) in [5, 5.41) is 71.1. The van der Waals surface area contributed by atoms with Gasteiger partial charge >= 0.3 is 5.97 Å². The fourth-order valence-corrected chi connectivity index (χ4v) is 11.9. The molecule has 1 aliphatic rings. The lowest BCUT2D eigenvalue weighted by Crippen LogP contribution is -2.61. The molecule has 632 valence electrons. The summed E-state index contributed by atoms with van der Waals surface area (Å²) >= 11 is 16.6. The van der Waals surface area contributed by atoms with E-state index in [0.717, 1.165) is 0 Å². The number of guanidine groups is 2. The SMILES string of the molecule is C[C@H](NC(=O)[C@@H]1CCCN1C(=O)[C@H](Cc1cnc[nH]1)NC(=O)[C@H](CS)NC(=O)[C@H](CS)NC(=O)[C@H](CCCNC(=N)N)NC(=O)CNC(=O)[C@@H](N)CC(N)=O)C(=O)N[C@@H](CS)C(=O)NCC(=O)N[C@@H](CCCNC(=N)N)C(=O)N[C@@H](CCCCN)C(=O)N[C@@H](Cc1ccc(O)cc1)C(=O)N[C@@H](CC(N)=O)C(=O)N[C@@H](CS)C(=O)O. The van der Waals surface area contributed by atoms with Gasteiger partial charge in [-0.25, -0.2) is 9.78 Å². The molecule has 13 atom stereocenters. The number of benzene rings is 1. The number of hydrogen-bond acceptors (Lipinski definition) is 27. The molecule has 0 aliphatic carbocycles. The number of phenols is 1. The molecule has 0 unspecified atom stereocenters. The summed E-state index contributed by atoms with van der Waals surface area (Å²) < 4.78 is 0. The van der Waals surface area contributed by atoms with E-state index < -0.39 is 211 Å². The third kappa shape index (κ3) is 35.4. The first-order chi connectivity index (χ1) is 53.9. The molecule has 2 heterocycles. The van der Waals surface area contributed by atoms with Gasteiger partial charge in [0.15, 0.2) is 11.9 Å². The summed E-state index contributed by atoms with van der Waals surface area (Å²) in [7, 11) is 0. The number of likely N-dealkylation sites (tertiary alicyclic amines) is 1. The van der Waals surface area contributed by atoms with Crippen molar-refractivity contribution in [2.24, 2.45) is 34.4 Å². The van der Waals surface area contributed by atoms with Crippen molar-refractivity contribution < 1.29 is 91.7 Å². The normalized spacial score (nSPS) is 15.4. The van der Waals surface area contributed by atoms with Crippen molar-refractivity contribution in [2.75, 3.05) is 62.3 Å². The second-order valence-electron chi connectivity index (χ2n) is 26.0. The number of H-pyrrole nitrogens is 1. The summed E-state index contributed by atoms with van der Waals surface area (Å²) in [6, 6.07) is -13.8. The van der Waals surface area contributed by atoms with Crippen LogP contribution in [-0.4, -0.2) is 278 Å². The molecule has 0 radical (unpaired) electrons. The molecule has 49 heteroatoms. The minimum atomic E-state index is -1.77. The fraction of sp³-hybridized carbons (Fsp3) is 0.569. The van der Waals surface area contributed by atoms with Crippen LogP contribution in [0.1, 0.15) is 88.8 Å². The van der Waals surface area contributed by atoms with Gasteiger partial charge in [-0.3, -0.25) is 87.5 Å². The maximum atomic E-state index is 14.6. The van der Waals surface area contributed by atoms with Crippen molar-refractivity contribution >= 4 is 163 Å². The molecule has 32 N–H and O–H groups in total. The highest BCUT2D eigenvalue weighted by atomic mass is 32.1. The van der Waals surface area contributed by atoms with E-state index in [1.54, 1.807) is 0 Å². The Bertz CT molecular complexity index is 3690. The highest BCUT2D eigenvalue weighted by Crippen LogP contribution is 2.21. The van der Waals surface area contributed by atoms with Gasteiger partial charge in [-0.05, 0) is 89.0 Å². The molecular formula is C65H104N26O19S4. The van der Waals surface area contributed by atoms with Crippen molar-refractivity contribution in [3.8, 4) is 5.75 Å². The number of hydrogen-bond donors (Lipinski definition) is 30. The number of aromatic amines is 1. The number of phenolic OH excluding ortho intramolecular Hbond substituents is 1. The number of thiol groups is 4. The van der Waals surface area contributed by atoms with Crippen LogP contribution < -0.4 is 114 Å². The zero-order chi connectivity index (χ0) is 85.3. The van der Waals surface area contributed by atoms with E-state index in [-0.39, 0.29) is 125 Å². The number of unbranched alkanes of at least 4 members (excludes halogenated alkanes) is 1. The second kappa shape index (κ2) is 50.9. The first kappa shape index (κ1) is 97.3. The zero-order valence-corrected chi connectivity index (χ0v) is 65.8. The predicted molar refractivity (Wildman–Crippen MR) is 422 cm³/mol. The number of rotatable bonds is 52. The van der Waals surface area contributed by atoms with Gasteiger partial charge in [-0.1, -0.05) is 12.1 Å². The van der Waals surface area contributed by atoms with E-state index in [4.69, 9.17) is 45.2 Å². The molecule has 1 aliphatic heterocycles. The summed E-state index contributed by atoms with van der Waals surface area (Å²) in [5.74, 6) is -19.1. The summed E-state index contributed by atoms with van der Waals surface area (Å²) in [4.78, 5) is 236. The first-order valence-corrected chi connectivity index (χ1v) is 38.3. The third-order valence-electron chi connectivity index (χ3n) is 16.9. The Kier molecular flexibility index (Phi) is 43.5. The van der Waals surface area contributed by atoms with Gasteiger partial charge in [-0.15, -0.1) is 0 Å². The van der Waals surface area contributed by atoms with Gasteiger partial charge in [0.25, 0.3) is 0 Å². The molecule has 1 aromatic carbocycles. The lowest BCUT2D eigenvalue weighted by Gasteiger charge is -2.30. The minimum Gasteiger partial charge on any atom is -0.508 e. The van der Waals surface area contributed by atoms with Crippen LogP contribution in [0.15, 0.2) is 36.8 Å². The van der Waals surface area contributed by atoms with Crippen molar-refractivity contribution in [3.05, 3.63) is 48.0 Å². The molecule has 0 spiro atoms. The van der Waals surface area contributed by atoms with Crippen molar-refractivity contribution in [1.29, 1.82) is 10.8 Å². The Morgan fingerprint density at radius 2 is 0.947 bits per heavy atom. The number of primary amides is 2. The number of carboxylic acids is 1. The van der Waals surface area contributed by atoms with Gasteiger partial charge in [0.1, 0.15) is 78.3 Å². The van der Waals surface area contributed by atoms with Crippen molar-refractivity contribution in [1.82, 2.24) is 94.6 Å². The Morgan fingerprint density at radius 1 is 0.518 bits per heavy atom. The number of carboxylic acid groups (broad SMARTS) is 1. The van der Waals surface area contributed by atoms with Crippen LogP contribution >= 0.6 is 50.5 Å². The van der Waals surface area contributed by atoms with Crippen LogP contribution in [0.2, 0.25) is 0 Å². The van der Waals surface area contributed by atoms with Crippen LogP contribution in [0.5, 0.6) is 5.75 Å². The smallest absolute Gasteiger partial charge is 0.327 e. The molecular weight excluding hydrogens is 1580 g/mol. The molecule has 114 heavy (non-hydrogen) atoms. The maximum absolute atomic E-state index is 14.6. The van der Waals surface area contributed by atoms with Gasteiger partial charge < -0.3 is 134 Å². The number of aromatic nitrogens is 2. The Balaban J connectivity index is 1.76. The number of amides is 16. The van der Waals surface area contributed by atoms with E-state index in [2.05, 4.69) is 140 Å². The lowest BCUT2D eigenvalue weighted by molar-refractivity contribution is -0.142. The number of nitrogens with zero attached hydrogens (tertiary/aromatic N) is 2. The first-order valence-electron chi connectivity index (χ1n) is 35.7. The number of nitrogens with one attached hydrogen (secondary N) is 18. The quantitative estimate of drug-likeness (QED) is 0.0127. The standard InChI is InChI=1S/C65H104N26O19S4/c1-31(80-61(107)46-10-6-18-91(46)62(108)41(20-33-23-74-30-79-33)86-59(105)43(27-112)89-60(106)44(28-113)88-55(101)37(9-5-17-76-65(72)73)82-49(95)24-77-52(98)35(67)21-47(68)93)51(97)87-42(26-111)53(99)78-25-50(96)81-36(8-4-16-75-64(70)71)54(100)83-38(7-2-3-15-66)56(102)84-39(19-32-11-13-34(92)14-12-32)57(103)85-40(22-48(69)94)58(104)90-45(29-114)63(109)110/h11-14,23,30-31,35-46,92,111-114H,2-10,15-22,24-29,66-67H2,1H3,(H2,68,93)(H2,69,94)(H,74,79)(H,77,98)(H,78,99)(H,80,107)(H,81,96)(H,82,95)(H,83,100)(H,84,102)(H,85,103)(H,86,105)(H,87,97)(H,88,101)(H,89,106)(H,90,104)(H,109,110)(H4,70,71,75)(H4,72,73,76)/t31-,35-,36-,37-,38-,39-,40-,41-,42-,43-,44-,45-,46-/m0/s1. The number of aromatic hydroxyl groups is 1. The number of carbonyl (C=O) groups is 17. The van der Waals surface area contributed by atoms with Crippen LogP contribution in [0.25, 0.3) is 0 Å². The molecule has 3 rings (SSSR count). The molecule has 1 fully saturated rings. The van der Waals surface area contributed by atoms with Gasteiger partial charge in [-0.2, -0.15) is 50.5 Å². The Labute approximate surface area is 676 Å². The number of carbonyl (C=O) groups excluding carboxylic acids is 16. The third-order valence-corrected chi connectivity index (χ3v) is 18.4. The van der Waals surface area contributed by atoms with Gasteiger partial charge in [0.2, 0.25) is 94.5 Å². The van der Waals surface area contributed by atoms with E-state index >= 15 is 0 Å². The van der Waals surface area contributed by atoms with Crippen molar-refractivity contribution in [2.45, 2.75) is 169 Å².